The van der Waals surface area contributed by atoms with Crippen molar-refractivity contribution >= 4 is 44.8 Å². The van der Waals surface area contributed by atoms with Gasteiger partial charge in [-0.25, -0.2) is 13.4 Å². The van der Waals surface area contributed by atoms with E-state index in [2.05, 4.69) is 10.3 Å². The Labute approximate surface area is 155 Å². The Kier molecular flexibility index (Phi) is 5.17. The molecule has 2 heterocycles. The smallest absolute Gasteiger partial charge is 0.271 e. The number of halogens is 2. The van der Waals surface area contributed by atoms with E-state index < -0.39 is 15.9 Å². The quantitative estimate of drug-likeness (QED) is 0.783. The molecule has 25 heavy (non-hydrogen) atoms. The van der Waals surface area contributed by atoms with Crippen molar-refractivity contribution in [2.75, 3.05) is 23.1 Å². The van der Waals surface area contributed by atoms with Crippen LogP contribution in [0.5, 0.6) is 0 Å². The first-order valence-corrected chi connectivity index (χ1v) is 9.93. The summed E-state index contributed by atoms with van der Waals surface area (Å²) in [5.74, 6) is -0.782. The van der Waals surface area contributed by atoms with Crippen molar-refractivity contribution in [1.82, 2.24) is 10.3 Å². The predicted octanol–water partition coefficient (Wildman–Crippen LogP) is 2.51. The number of pyridine rings is 1. The van der Waals surface area contributed by atoms with E-state index in [4.69, 9.17) is 23.2 Å². The third-order valence-electron chi connectivity index (χ3n) is 3.85. The lowest BCUT2D eigenvalue weighted by atomic mass is 10.2. The van der Waals surface area contributed by atoms with Crippen molar-refractivity contribution in [3.8, 4) is 0 Å². The minimum Gasteiger partial charge on any atom is -0.350 e. The van der Waals surface area contributed by atoms with Gasteiger partial charge in [0.25, 0.3) is 5.91 Å². The first kappa shape index (κ1) is 18.0. The van der Waals surface area contributed by atoms with Crippen LogP contribution in [0.1, 0.15) is 16.1 Å². The average Bonchev–Trinajstić information content (AvgIpc) is 3.01. The Morgan fingerprint density at radius 3 is 2.76 bits per heavy atom. The lowest BCUT2D eigenvalue weighted by molar-refractivity contribution is 0.0951. The number of fused-ring (bicyclic) bond motifs is 1. The van der Waals surface area contributed by atoms with E-state index in [-0.39, 0.29) is 28.2 Å². The number of sulfonamides is 1. The molecule has 0 atom stereocenters. The summed E-state index contributed by atoms with van der Waals surface area (Å²) in [6.07, 6.45) is 0.684. The summed E-state index contributed by atoms with van der Waals surface area (Å²) in [5, 5.41) is 2.81. The number of nitrogens with one attached hydrogen (secondary N) is 1. The maximum Gasteiger partial charge on any atom is 0.271 e. The number of para-hydroxylation sites is 1. The number of anilines is 1. The van der Waals surface area contributed by atoms with E-state index in [9.17, 15) is 13.2 Å². The van der Waals surface area contributed by atoms with Gasteiger partial charge in [0.2, 0.25) is 10.0 Å². The molecular weight excluding hydrogens is 385 g/mol. The van der Waals surface area contributed by atoms with Gasteiger partial charge in [-0.05, 0) is 30.2 Å². The Morgan fingerprint density at radius 1 is 1.20 bits per heavy atom. The van der Waals surface area contributed by atoms with Crippen LogP contribution >= 0.6 is 23.2 Å². The van der Waals surface area contributed by atoms with Crippen molar-refractivity contribution in [3.05, 3.63) is 57.8 Å². The second kappa shape index (κ2) is 7.19. The monoisotopic (exact) mass is 399 g/mol. The molecule has 1 aliphatic rings. The Morgan fingerprint density at radius 2 is 1.96 bits per heavy atom. The fourth-order valence-electron chi connectivity index (χ4n) is 2.66. The van der Waals surface area contributed by atoms with Gasteiger partial charge in [0.1, 0.15) is 10.8 Å². The first-order valence-electron chi connectivity index (χ1n) is 7.57. The van der Waals surface area contributed by atoms with Gasteiger partial charge in [0, 0.05) is 13.1 Å². The largest absolute Gasteiger partial charge is 0.350 e. The van der Waals surface area contributed by atoms with Gasteiger partial charge in [-0.15, -0.1) is 0 Å². The standard InChI is InChI=1S/C16H15Cl2N3O3S/c17-12-5-6-14(18)20-15(12)16(22)19-8-10-25(23,24)21-9-7-11-3-1-2-4-13(11)21/h1-6H,7-10H2,(H,19,22). The summed E-state index contributed by atoms with van der Waals surface area (Å²) in [6, 6.07) is 10.3. The summed E-state index contributed by atoms with van der Waals surface area (Å²) >= 11 is 11.7. The maximum atomic E-state index is 12.5. The fraction of sp³-hybridized carbons (Fsp3) is 0.250. The average molecular weight is 400 g/mol. The third kappa shape index (κ3) is 3.89. The SMILES string of the molecule is O=C(NCCS(=O)(=O)N1CCc2ccccc21)c1nc(Cl)ccc1Cl. The van der Waals surface area contributed by atoms with Crippen LogP contribution in [0.25, 0.3) is 0 Å². The number of aromatic nitrogens is 1. The summed E-state index contributed by atoms with van der Waals surface area (Å²) in [4.78, 5) is 16.0. The molecule has 0 spiro atoms. The van der Waals surface area contributed by atoms with Gasteiger partial charge in [0.15, 0.2) is 0 Å². The molecule has 0 saturated carbocycles. The molecule has 1 amide bonds. The molecule has 6 nitrogen and oxygen atoms in total. The molecule has 0 saturated heterocycles. The molecule has 0 radical (unpaired) electrons. The third-order valence-corrected chi connectivity index (χ3v) is 6.14. The molecule has 9 heteroatoms. The maximum absolute atomic E-state index is 12.5. The zero-order chi connectivity index (χ0) is 18.0. The Balaban J connectivity index is 1.64. The number of benzene rings is 1. The van der Waals surface area contributed by atoms with Gasteiger partial charge >= 0.3 is 0 Å². The van der Waals surface area contributed by atoms with Crippen LogP contribution in [-0.2, 0) is 16.4 Å². The predicted molar refractivity (Wildman–Crippen MR) is 97.9 cm³/mol. The molecule has 1 aromatic heterocycles. The highest BCUT2D eigenvalue weighted by atomic mass is 35.5. The van der Waals surface area contributed by atoms with Crippen LogP contribution in [0.4, 0.5) is 5.69 Å². The molecule has 0 unspecified atom stereocenters. The number of carbonyl (C=O) groups excluding carboxylic acids is 1. The highest BCUT2D eigenvalue weighted by Crippen LogP contribution is 2.29. The van der Waals surface area contributed by atoms with Gasteiger partial charge in [-0.3, -0.25) is 9.10 Å². The zero-order valence-electron chi connectivity index (χ0n) is 13.1. The zero-order valence-corrected chi connectivity index (χ0v) is 15.4. The van der Waals surface area contributed by atoms with Crippen LogP contribution in [0.15, 0.2) is 36.4 Å². The van der Waals surface area contributed by atoms with Crippen molar-refractivity contribution in [2.45, 2.75) is 6.42 Å². The number of nitrogens with zero attached hydrogens (tertiary/aromatic N) is 2. The molecule has 2 aromatic rings. The van der Waals surface area contributed by atoms with E-state index in [1.54, 1.807) is 12.1 Å². The van der Waals surface area contributed by atoms with Crippen molar-refractivity contribution in [3.63, 3.8) is 0 Å². The molecule has 1 N–H and O–H groups in total. The fourth-order valence-corrected chi connectivity index (χ4v) is 4.43. The molecule has 132 valence electrons. The number of hydrogen-bond acceptors (Lipinski definition) is 4. The lowest BCUT2D eigenvalue weighted by Gasteiger charge is -2.19. The minimum absolute atomic E-state index is 0.0296. The van der Waals surface area contributed by atoms with Gasteiger partial charge in [-0.2, -0.15) is 0 Å². The highest BCUT2D eigenvalue weighted by Gasteiger charge is 2.28. The van der Waals surface area contributed by atoms with Crippen LogP contribution in [-0.4, -0.2) is 38.2 Å². The van der Waals surface area contributed by atoms with Gasteiger partial charge in [-0.1, -0.05) is 41.4 Å². The first-order chi connectivity index (χ1) is 11.9. The summed E-state index contributed by atoms with van der Waals surface area (Å²) in [5.41, 5.74) is 1.68. The minimum atomic E-state index is -3.53. The van der Waals surface area contributed by atoms with Crippen molar-refractivity contribution < 1.29 is 13.2 Å². The normalized spacial score (nSPS) is 13.6. The summed E-state index contributed by atoms with van der Waals surface area (Å²) in [6.45, 7) is 0.363. The van der Waals surface area contributed by atoms with Crippen LogP contribution in [0, 0.1) is 0 Å². The van der Waals surface area contributed by atoms with Gasteiger partial charge in [0.05, 0.1) is 16.5 Å². The molecule has 0 aliphatic carbocycles. The lowest BCUT2D eigenvalue weighted by Crippen LogP contribution is -2.37. The van der Waals surface area contributed by atoms with E-state index in [0.717, 1.165) is 5.56 Å². The highest BCUT2D eigenvalue weighted by molar-refractivity contribution is 7.92. The topological polar surface area (TPSA) is 79.4 Å². The van der Waals surface area contributed by atoms with E-state index in [1.807, 2.05) is 12.1 Å². The molecular formula is C16H15Cl2N3O3S. The summed E-state index contributed by atoms with van der Waals surface area (Å²) in [7, 11) is -3.53. The molecule has 1 aromatic carbocycles. The van der Waals surface area contributed by atoms with Gasteiger partial charge < -0.3 is 5.32 Å². The van der Waals surface area contributed by atoms with E-state index >= 15 is 0 Å². The molecule has 3 rings (SSSR count). The van der Waals surface area contributed by atoms with Crippen LogP contribution in [0.2, 0.25) is 10.2 Å². The van der Waals surface area contributed by atoms with E-state index in [0.29, 0.717) is 18.7 Å². The van der Waals surface area contributed by atoms with Crippen molar-refractivity contribution in [1.29, 1.82) is 0 Å². The number of carbonyl (C=O) groups is 1. The summed E-state index contributed by atoms with van der Waals surface area (Å²) < 4.78 is 26.5. The van der Waals surface area contributed by atoms with Crippen molar-refractivity contribution in [2.24, 2.45) is 0 Å². The van der Waals surface area contributed by atoms with E-state index in [1.165, 1.54) is 16.4 Å². The number of hydrogen-bond donors (Lipinski definition) is 1. The Hall–Kier alpha value is -1.83. The molecule has 0 bridgehead atoms. The second-order valence-corrected chi connectivity index (χ2v) is 8.29. The number of amides is 1. The van der Waals surface area contributed by atoms with Crippen LogP contribution < -0.4 is 9.62 Å². The Bertz CT molecular complexity index is 919. The number of rotatable bonds is 5. The second-order valence-electron chi connectivity index (χ2n) is 5.49. The molecule has 0 fully saturated rings. The molecule has 1 aliphatic heterocycles. The van der Waals surface area contributed by atoms with Crippen LogP contribution in [0.3, 0.4) is 0 Å².